The van der Waals surface area contributed by atoms with Crippen molar-refractivity contribution in [3.8, 4) is 10.4 Å². The van der Waals surface area contributed by atoms with Crippen molar-refractivity contribution in [3.05, 3.63) is 47.3 Å². The standard InChI is InChI=1S/C21H28N2O2S/c1-21(2,3)25-20(24)23-14-12-22(13-15-23)11-10-17-7-4-5-8-18(17)19-9-6-16-26-19/h4-9,16H,10-15H2,1-3H3. The Labute approximate surface area is 160 Å². The van der Waals surface area contributed by atoms with Crippen LogP contribution in [0.3, 0.4) is 0 Å². The number of piperazine rings is 1. The molecule has 5 heteroatoms. The Morgan fingerprint density at radius 3 is 2.46 bits per heavy atom. The second-order valence-corrected chi connectivity index (χ2v) is 8.64. The predicted molar refractivity (Wildman–Crippen MR) is 108 cm³/mol. The van der Waals surface area contributed by atoms with Gasteiger partial charge in [-0.15, -0.1) is 11.3 Å². The number of hydrogen-bond donors (Lipinski definition) is 0. The molecule has 0 unspecified atom stereocenters. The molecule has 0 aliphatic carbocycles. The lowest BCUT2D eigenvalue weighted by Gasteiger charge is -2.35. The summed E-state index contributed by atoms with van der Waals surface area (Å²) in [6.45, 7) is 10.0. The summed E-state index contributed by atoms with van der Waals surface area (Å²) in [4.78, 5) is 17.7. The molecule has 1 amide bonds. The molecule has 0 spiro atoms. The first kappa shape index (κ1) is 18.9. The van der Waals surface area contributed by atoms with Crippen molar-refractivity contribution in [2.24, 2.45) is 0 Å². The molecule has 3 rings (SSSR count). The van der Waals surface area contributed by atoms with Gasteiger partial charge in [0.25, 0.3) is 0 Å². The van der Waals surface area contributed by atoms with Gasteiger partial charge in [-0.2, -0.15) is 0 Å². The van der Waals surface area contributed by atoms with Crippen LogP contribution >= 0.6 is 11.3 Å². The van der Waals surface area contributed by atoms with Crippen molar-refractivity contribution in [1.82, 2.24) is 9.80 Å². The van der Waals surface area contributed by atoms with Gasteiger partial charge >= 0.3 is 6.09 Å². The highest BCUT2D eigenvalue weighted by Gasteiger charge is 2.25. The molecule has 1 aromatic heterocycles. The minimum atomic E-state index is -0.431. The maximum absolute atomic E-state index is 12.2. The molecule has 26 heavy (non-hydrogen) atoms. The van der Waals surface area contributed by atoms with Crippen LogP contribution in [-0.2, 0) is 11.2 Å². The molecule has 1 aromatic carbocycles. The highest BCUT2D eigenvalue weighted by Crippen LogP contribution is 2.28. The number of amides is 1. The summed E-state index contributed by atoms with van der Waals surface area (Å²) in [6.07, 6.45) is 0.834. The molecular weight excluding hydrogens is 344 g/mol. The number of benzene rings is 1. The van der Waals surface area contributed by atoms with E-state index in [4.69, 9.17) is 4.74 Å². The Balaban J connectivity index is 1.51. The topological polar surface area (TPSA) is 32.8 Å². The van der Waals surface area contributed by atoms with Gasteiger partial charge in [0.15, 0.2) is 0 Å². The lowest BCUT2D eigenvalue weighted by atomic mass is 10.0. The molecule has 1 aliphatic heterocycles. The normalized spacial score (nSPS) is 15.9. The largest absolute Gasteiger partial charge is 0.444 e. The Morgan fingerprint density at radius 2 is 1.81 bits per heavy atom. The van der Waals surface area contributed by atoms with E-state index in [-0.39, 0.29) is 6.09 Å². The third-order valence-corrected chi connectivity index (χ3v) is 5.43. The van der Waals surface area contributed by atoms with Crippen molar-refractivity contribution in [2.75, 3.05) is 32.7 Å². The Morgan fingerprint density at radius 1 is 1.08 bits per heavy atom. The van der Waals surface area contributed by atoms with E-state index in [2.05, 4.69) is 46.7 Å². The van der Waals surface area contributed by atoms with E-state index in [1.165, 1.54) is 16.0 Å². The molecule has 2 heterocycles. The zero-order chi connectivity index (χ0) is 18.6. The van der Waals surface area contributed by atoms with Crippen molar-refractivity contribution < 1.29 is 9.53 Å². The number of hydrogen-bond acceptors (Lipinski definition) is 4. The van der Waals surface area contributed by atoms with Gasteiger partial charge in [-0.05, 0) is 49.8 Å². The zero-order valence-corrected chi connectivity index (χ0v) is 16.7. The van der Waals surface area contributed by atoms with Gasteiger partial charge in [0.05, 0.1) is 0 Å². The van der Waals surface area contributed by atoms with Crippen LogP contribution in [0.5, 0.6) is 0 Å². The number of rotatable bonds is 4. The Bertz CT molecular complexity index is 714. The molecular formula is C21H28N2O2S. The van der Waals surface area contributed by atoms with Crippen molar-refractivity contribution >= 4 is 17.4 Å². The van der Waals surface area contributed by atoms with E-state index in [1.54, 1.807) is 11.3 Å². The lowest BCUT2D eigenvalue weighted by Crippen LogP contribution is -2.50. The van der Waals surface area contributed by atoms with Gasteiger partial charge in [0, 0.05) is 37.6 Å². The van der Waals surface area contributed by atoms with Gasteiger partial charge in [-0.1, -0.05) is 30.3 Å². The number of carbonyl (C=O) groups is 1. The van der Waals surface area contributed by atoms with Crippen LogP contribution in [0.15, 0.2) is 41.8 Å². The van der Waals surface area contributed by atoms with Crippen molar-refractivity contribution in [1.29, 1.82) is 0 Å². The van der Waals surface area contributed by atoms with E-state index in [0.717, 1.165) is 39.1 Å². The number of carbonyl (C=O) groups excluding carboxylic acids is 1. The summed E-state index contributed by atoms with van der Waals surface area (Å²) >= 11 is 1.79. The molecule has 4 nitrogen and oxygen atoms in total. The summed E-state index contributed by atoms with van der Waals surface area (Å²) in [5.74, 6) is 0. The molecule has 1 saturated heterocycles. The number of thiophene rings is 1. The Hall–Kier alpha value is -1.85. The molecule has 140 valence electrons. The molecule has 0 bridgehead atoms. The van der Waals surface area contributed by atoms with E-state index < -0.39 is 5.60 Å². The second kappa shape index (κ2) is 8.23. The van der Waals surface area contributed by atoms with E-state index >= 15 is 0 Å². The van der Waals surface area contributed by atoms with Crippen molar-refractivity contribution in [3.63, 3.8) is 0 Å². The maximum Gasteiger partial charge on any atom is 0.410 e. The third kappa shape index (κ3) is 5.08. The van der Waals surface area contributed by atoms with Crippen molar-refractivity contribution in [2.45, 2.75) is 32.8 Å². The smallest absolute Gasteiger partial charge is 0.410 e. The van der Waals surface area contributed by atoms with Gasteiger partial charge in [0.1, 0.15) is 5.60 Å². The third-order valence-electron chi connectivity index (χ3n) is 4.53. The van der Waals surface area contributed by atoms with E-state index in [0.29, 0.717) is 0 Å². The minimum absolute atomic E-state index is 0.194. The number of ether oxygens (including phenoxy) is 1. The Kier molecular flexibility index (Phi) is 5.99. The van der Waals surface area contributed by atoms with E-state index in [1.807, 2.05) is 25.7 Å². The monoisotopic (exact) mass is 372 g/mol. The van der Waals surface area contributed by atoms with Crippen LogP contribution in [0, 0.1) is 0 Å². The predicted octanol–water partition coefficient (Wildman–Crippen LogP) is 4.51. The fourth-order valence-corrected chi connectivity index (χ4v) is 3.96. The molecule has 1 aliphatic rings. The van der Waals surface area contributed by atoms with Crippen LogP contribution in [0.2, 0.25) is 0 Å². The molecule has 0 N–H and O–H groups in total. The highest BCUT2D eigenvalue weighted by atomic mass is 32.1. The minimum Gasteiger partial charge on any atom is -0.444 e. The molecule has 0 saturated carbocycles. The van der Waals surface area contributed by atoms with Crippen LogP contribution < -0.4 is 0 Å². The fourth-order valence-electron chi connectivity index (χ4n) is 3.17. The van der Waals surface area contributed by atoms with Crippen LogP contribution in [-0.4, -0.2) is 54.2 Å². The first-order chi connectivity index (χ1) is 12.4. The second-order valence-electron chi connectivity index (χ2n) is 7.69. The first-order valence-electron chi connectivity index (χ1n) is 9.24. The summed E-state index contributed by atoms with van der Waals surface area (Å²) in [5.41, 5.74) is 2.30. The molecule has 0 atom stereocenters. The highest BCUT2D eigenvalue weighted by molar-refractivity contribution is 7.13. The van der Waals surface area contributed by atoms with Gasteiger partial charge in [-0.25, -0.2) is 4.79 Å². The van der Waals surface area contributed by atoms with Crippen LogP contribution in [0.4, 0.5) is 4.79 Å². The average molecular weight is 373 g/mol. The van der Waals surface area contributed by atoms with Crippen LogP contribution in [0.1, 0.15) is 26.3 Å². The molecule has 0 radical (unpaired) electrons. The zero-order valence-electron chi connectivity index (χ0n) is 15.9. The fraction of sp³-hybridized carbons (Fsp3) is 0.476. The van der Waals surface area contributed by atoms with Gasteiger partial charge in [0.2, 0.25) is 0 Å². The van der Waals surface area contributed by atoms with E-state index in [9.17, 15) is 4.79 Å². The quantitative estimate of drug-likeness (QED) is 0.792. The number of nitrogens with zero attached hydrogens (tertiary/aromatic N) is 2. The average Bonchev–Trinajstić information content (AvgIpc) is 3.13. The first-order valence-corrected chi connectivity index (χ1v) is 10.1. The SMILES string of the molecule is CC(C)(C)OC(=O)N1CCN(CCc2ccccc2-c2cccs2)CC1. The maximum atomic E-state index is 12.2. The summed E-state index contributed by atoms with van der Waals surface area (Å²) in [7, 11) is 0. The molecule has 2 aromatic rings. The lowest BCUT2D eigenvalue weighted by molar-refractivity contribution is 0.0146. The summed E-state index contributed by atoms with van der Waals surface area (Å²) in [5, 5.41) is 2.13. The molecule has 1 fully saturated rings. The van der Waals surface area contributed by atoms with Gasteiger partial charge in [-0.3, -0.25) is 4.90 Å². The van der Waals surface area contributed by atoms with Crippen LogP contribution in [0.25, 0.3) is 10.4 Å². The summed E-state index contributed by atoms with van der Waals surface area (Å²) < 4.78 is 5.47. The van der Waals surface area contributed by atoms with Gasteiger partial charge < -0.3 is 9.64 Å². The summed E-state index contributed by atoms with van der Waals surface area (Å²) in [6, 6.07) is 13.0.